The van der Waals surface area contributed by atoms with Crippen molar-refractivity contribution in [3.8, 4) is 0 Å². The maximum Gasteiger partial charge on any atom is 0.203 e. The summed E-state index contributed by atoms with van der Waals surface area (Å²) in [6.45, 7) is 4.22. The second kappa shape index (κ2) is 6.58. The van der Waals surface area contributed by atoms with E-state index in [9.17, 15) is 0 Å². The van der Waals surface area contributed by atoms with E-state index in [4.69, 9.17) is 0 Å². The number of hydrogen-bond acceptors (Lipinski definition) is 5. The van der Waals surface area contributed by atoms with E-state index in [1.807, 2.05) is 18.5 Å². The molecule has 1 aromatic heterocycles. The molecule has 0 unspecified atom stereocenters. The Morgan fingerprint density at radius 1 is 1.38 bits per heavy atom. The number of nitrogens with zero attached hydrogens (tertiary/aromatic N) is 3. The predicted octanol–water partition coefficient (Wildman–Crippen LogP) is 4.26. The second-order valence-electron chi connectivity index (χ2n) is 5.06. The summed E-state index contributed by atoms with van der Waals surface area (Å²) in [6.07, 6.45) is 4.40. The summed E-state index contributed by atoms with van der Waals surface area (Å²) < 4.78 is 1.10. The minimum absolute atomic E-state index is 0.823. The highest BCUT2D eigenvalue weighted by atomic mass is 79.9. The molecule has 1 fully saturated rings. The molecule has 0 aliphatic carbocycles. The summed E-state index contributed by atoms with van der Waals surface area (Å²) >= 11 is 5.12. The van der Waals surface area contributed by atoms with E-state index in [-0.39, 0.29) is 0 Å². The lowest BCUT2D eigenvalue weighted by Crippen LogP contribution is -2.19. The van der Waals surface area contributed by atoms with Crippen molar-refractivity contribution in [3.63, 3.8) is 0 Å². The van der Waals surface area contributed by atoms with Gasteiger partial charge < -0.3 is 4.90 Å². The number of nitrogens with one attached hydrogen (secondary N) is 1. The number of benzene rings is 1. The first-order valence-electron chi connectivity index (χ1n) is 6.98. The van der Waals surface area contributed by atoms with Crippen molar-refractivity contribution < 1.29 is 0 Å². The Kier molecular flexibility index (Phi) is 4.55. The summed E-state index contributed by atoms with van der Waals surface area (Å²) in [7, 11) is 0. The molecular weight excluding hydrogens is 348 g/mol. The Balaban J connectivity index is 1.77. The number of halogens is 1. The maximum absolute atomic E-state index is 4.33. The number of thiazole rings is 1. The minimum Gasteiger partial charge on any atom is -0.371 e. The van der Waals surface area contributed by atoms with Crippen LogP contribution in [0.15, 0.2) is 33.2 Å². The van der Waals surface area contributed by atoms with Gasteiger partial charge in [-0.2, -0.15) is 5.10 Å². The molecule has 1 saturated heterocycles. The third-order valence-corrected chi connectivity index (χ3v) is 4.78. The van der Waals surface area contributed by atoms with E-state index in [1.165, 1.54) is 18.5 Å². The summed E-state index contributed by atoms with van der Waals surface area (Å²) in [4.78, 5) is 6.75. The molecule has 2 heterocycles. The van der Waals surface area contributed by atoms with Gasteiger partial charge in [0.1, 0.15) is 0 Å². The highest BCUT2D eigenvalue weighted by molar-refractivity contribution is 9.10. The minimum atomic E-state index is 0.823. The quantitative estimate of drug-likeness (QED) is 0.650. The Hall–Kier alpha value is -1.40. The normalized spacial score (nSPS) is 15.0. The molecule has 1 N–H and O–H groups in total. The molecular formula is C15H17BrN4S. The highest BCUT2D eigenvalue weighted by Gasteiger charge is 2.15. The summed E-state index contributed by atoms with van der Waals surface area (Å²) in [6, 6.07) is 6.31. The van der Waals surface area contributed by atoms with Crippen molar-refractivity contribution in [2.75, 3.05) is 23.4 Å². The van der Waals surface area contributed by atoms with Crippen LogP contribution in [-0.4, -0.2) is 24.3 Å². The van der Waals surface area contributed by atoms with E-state index < -0.39 is 0 Å². The molecule has 0 amide bonds. The Labute approximate surface area is 137 Å². The van der Waals surface area contributed by atoms with Gasteiger partial charge in [0.05, 0.1) is 11.9 Å². The number of hydrogen-bond donors (Lipinski definition) is 1. The predicted molar refractivity (Wildman–Crippen MR) is 93.7 cm³/mol. The number of aryl methyl sites for hydroxylation is 1. The molecule has 0 saturated carbocycles. The average molecular weight is 365 g/mol. The van der Waals surface area contributed by atoms with Crippen molar-refractivity contribution in [3.05, 3.63) is 39.3 Å². The molecule has 4 nitrogen and oxygen atoms in total. The van der Waals surface area contributed by atoms with E-state index in [0.29, 0.717) is 0 Å². The van der Waals surface area contributed by atoms with Gasteiger partial charge in [-0.15, -0.1) is 11.3 Å². The van der Waals surface area contributed by atoms with Crippen molar-refractivity contribution in [1.29, 1.82) is 0 Å². The van der Waals surface area contributed by atoms with Crippen LogP contribution in [0.5, 0.6) is 0 Å². The Bertz CT molecular complexity index is 647. The van der Waals surface area contributed by atoms with Crippen LogP contribution in [-0.2, 0) is 0 Å². The first-order valence-corrected chi connectivity index (χ1v) is 8.65. The first kappa shape index (κ1) is 14.5. The smallest absolute Gasteiger partial charge is 0.203 e. The van der Waals surface area contributed by atoms with E-state index in [2.05, 4.69) is 54.5 Å². The lowest BCUT2D eigenvalue weighted by atomic mass is 10.2. The van der Waals surface area contributed by atoms with E-state index in [1.54, 1.807) is 11.3 Å². The van der Waals surface area contributed by atoms with Crippen LogP contribution in [0.2, 0.25) is 0 Å². The number of hydrazone groups is 1. The average Bonchev–Trinajstić information content (AvgIpc) is 3.12. The van der Waals surface area contributed by atoms with Crippen molar-refractivity contribution in [2.45, 2.75) is 19.8 Å². The standard InChI is InChI=1S/C15H17BrN4S/c1-11-10-21-15(18-11)19-17-9-12-4-5-13(16)8-14(12)20-6-2-3-7-20/h4-5,8-10H,2-3,6-7H2,1H3,(H,18,19). The van der Waals surface area contributed by atoms with E-state index in [0.717, 1.165) is 34.0 Å². The first-order chi connectivity index (χ1) is 10.2. The van der Waals surface area contributed by atoms with Gasteiger partial charge in [0.2, 0.25) is 5.13 Å². The zero-order valence-electron chi connectivity index (χ0n) is 11.8. The number of anilines is 2. The summed E-state index contributed by atoms with van der Waals surface area (Å²) in [5, 5.41) is 7.15. The van der Waals surface area contributed by atoms with Gasteiger partial charge in [0.25, 0.3) is 0 Å². The molecule has 0 radical (unpaired) electrons. The van der Waals surface area contributed by atoms with Gasteiger partial charge in [-0.05, 0) is 31.9 Å². The van der Waals surface area contributed by atoms with Crippen LogP contribution < -0.4 is 10.3 Å². The molecule has 6 heteroatoms. The van der Waals surface area contributed by atoms with Crippen molar-refractivity contribution >= 4 is 44.3 Å². The monoisotopic (exact) mass is 364 g/mol. The Morgan fingerprint density at radius 2 is 2.19 bits per heavy atom. The molecule has 21 heavy (non-hydrogen) atoms. The van der Waals surface area contributed by atoms with Gasteiger partial charge in [0, 0.05) is 34.2 Å². The molecule has 0 spiro atoms. The van der Waals surface area contributed by atoms with Gasteiger partial charge in [-0.3, -0.25) is 5.43 Å². The number of rotatable bonds is 4. The second-order valence-corrected chi connectivity index (χ2v) is 6.84. The van der Waals surface area contributed by atoms with E-state index >= 15 is 0 Å². The van der Waals surface area contributed by atoms with Crippen molar-refractivity contribution in [2.24, 2.45) is 5.10 Å². The molecule has 2 aromatic rings. The zero-order chi connectivity index (χ0) is 14.7. The summed E-state index contributed by atoms with van der Waals surface area (Å²) in [5.41, 5.74) is 6.37. The van der Waals surface area contributed by atoms with Crippen LogP contribution in [0.3, 0.4) is 0 Å². The highest BCUT2D eigenvalue weighted by Crippen LogP contribution is 2.27. The van der Waals surface area contributed by atoms with Crippen LogP contribution >= 0.6 is 27.3 Å². The maximum atomic E-state index is 4.33. The third kappa shape index (κ3) is 3.63. The van der Waals surface area contributed by atoms with Crippen LogP contribution in [0.25, 0.3) is 0 Å². The fourth-order valence-corrected chi connectivity index (χ4v) is 3.41. The fraction of sp³-hybridized carbons (Fsp3) is 0.333. The largest absolute Gasteiger partial charge is 0.371 e. The Morgan fingerprint density at radius 3 is 2.90 bits per heavy atom. The number of aromatic nitrogens is 1. The molecule has 1 aromatic carbocycles. The zero-order valence-corrected chi connectivity index (χ0v) is 14.2. The van der Waals surface area contributed by atoms with Crippen LogP contribution in [0, 0.1) is 6.92 Å². The molecule has 0 atom stereocenters. The van der Waals surface area contributed by atoms with Crippen LogP contribution in [0.4, 0.5) is 10.8 Å². The topological polar surface area (TPSA) is 40.5 Å². The molecule has 1 aliphatic heterocycles. The van der Waals surface area contributed by atoms with Gasteiger partial charge >= 0.3 is 0 Å². The fourth-order valence-electron chi connectivity index (χ4n) is 2.42. The molecule has 110 valence electrons. The van der Waals surface area contributed by atoms with Crippen LogP contribution in [0.1, 0.15) is 24.1 Å². The molecule has 1 aliphatic rings. The van der Waals surface area contributed by atoms with Crippen molar-refractivity contribution in [1.82, 2.24) is 4.98 Å². The SMILES string of the molecule is Cc1csc(NN=Cc2ccc(Br)cc2N2CCCC2)n1. The van der Waals surface area contributed by atoms with Gasteiger partial charge in [0.15, 0.2) is 0 Å². The third-order valence-electron chi connectivity index (χ3n) is 3.42. The lowest BCUT2D eigenvalue weighted by molar-refractivity contribution is 0.949. The summed E-state index contributed by atoms with van der Waals surface area (Å²) in [5.74, 6) is 0. The molecule has 3 rings (SSSR count). The van der Waals surface area contributed by atoms with Gasteiger partial charge in [-0.1, -0.05) is 22.0 Å². The lowest BCUT2D eigenvalue weighted by Gasteiger charge is -2.20. The van der Waals surface area contributed by atoms with Gasteiger partial charge in [-0.25, -0.2) is 4.98 Å². The molecule has 0 bridgehead atoms.